The minimum atomic E-state index is 0.400. The highest BCUT2D eigenvalue weighted by atomic mass is 32.2. The van der Waals surface area contributed by atoms with Gasteiger partial charge in [0.15, 0.2) is 0 Å². The number of anilines is 1. The molecule has 5 rings (SSSR count). The highest BCUT2D eigenvalue weighted by molar-refractivity contribution is 8.00. The maximum absolute atomic E-state index is 9.27. The molecule has 1 aliphatic heterocycles. The van der Waals surface area contributed by atoms with Gasteiger partial charge in [-0.2, -0.15) is 5.26 Å². The molecular weight excluding hydrogens is 422 g/mol. The maximum atomic E-state index is 9.27. The molecule has 0 spiro atoms. The number of nitrogens with two attached hydrogens (primary N) is 1. The normalized spacial score (nSPS) is 25.0. The first kappa shape index (κ1) is 20.5. The highest BCUT2D eigenvalue weighted by Crippen LogP contribution is 2.44. The quantitative estimate of drug-likeness (QED) is 0.388. The van der Waals surface area contributed by atoms with E-state index in [1.807, 2.05) is 36.4 Å². The summed E-state index contributed by atoms with van der Waals surface area (Å²) < 4.78 is 3.37. The number of hydrogen-bond acceptors (Lipinski definition) is 7. The average Bonchev–Trinajstić information content (AvgIpc) is 3.45. The summed E-state index contributed by atoms with van der Waals surface area (Å²) in [6.07, 6.45) is 6.81. The molecule has 0 bridgehead atoms. The van der Waals surface area contributed by atoms with Crippen LogP contribution >= 0.6 is 23.3 Å². The molecule has 1 aliphatic carbocycles. The van der Waals surface area contributed by atoms with Gasteiger partial charge in [-0.15, -0.1) is 11.3 Å². The third-order valence-electron chi connectivity index (χ3n) is 6.11. The van der Waals surface area contributed by atoms with Crippen LogP contribution in [0.15, 0.2) is 59.6 Å². The van der Waals surface area contributed by atoms with Gasteiger partial charge in [0.1, 0.15) is 11.1 Å². The van der Waals surface area contributed by atoms with Crippen molar-refractivity contribution in [2.24, 2.45) is 5.73 Å². The van der Waals surface area contributed by atoms with Gasteiger partial charge in [-0.05, 0) is 61.9 Å². The second-order valence-corrected chi connectivity index (χ2v) is 10.2. The van der Waals surface area contributed by atoms with Gasteiger partial charge in [-0.1, -0.05) is 24.3 Å². The first-order valence-electron chi connectivity index (χ1n) is 10.7. The van der Waals surface area contributed by atoms with Gasteiger partial charge in [0.25, 0.3) is 0 Å². The number of nitrogens with zero attached hydrogens (tertiary/aromatic N) is 3. The third-order valence-corrected chi connectivity index (χ3v) is 8.17. The van der Waals surface area contributed by atoms with Crippen LogP contribution in [0.25, 0.3) is 10.6 Å². The summed E-state index contributed by atoms with van der Waals surface area (Å²) in [5.74, 6) is 0. The summed E-state index contributed by atoms with van der Waals surface area (Å²) in [5.41, 5.74) is 8.86. The number of rotatable bonds is 6. The Labute approximate surface area is 191 Å². The second-order valence-electron chi connectivity index (χ2n) is 8.24. The number of nitriles is 1. The lowest BCUT2D eigenvalue weighted by molar-refractivity contribution is 0.265. The number of benzene rings is 2. The average molecular weight is 448 g/mol. The van der Waals surface area contributed by atoms with Gasteiger partial charge in [-0.25, -0.2) is 4.98 Å². The molecule has 2 unspecified atom stereocenters. The lowest BCUT2D eigenvalue weighted by Gasteiger charge is -2.27. The molecule has 2 heterocycles. The van der Waals surface area contributed by atoms with Crippen LogP contribution < -0.4 is 10.5 Å². The number of thiazole rings is 1. The van der Waals surface area contributed by atoms with E-state index >= 15 is 0 Å². The van der Waals surface area contributed by atoms with Gasteiger partial charge in [0.05, 0.1) is 11.6 Å². The highest BCUT2D eigenvalue weighted by Gasteiger charge is 2.42. The summed E-state index contributed by atoms with van der Waals surface area (Å²) in [6, 6.07) is 19.8. The van der Waals surface area contributed by atoms with Crippen molar-refractivity contribution in [3.05, 3.63) is 65.2 Å². The Morgan fingerprint density at radius 3 is 2.81 bits per heavy atom. The van der Waals surface area contributed by atoms with E-state index in [0.29, 0.717) is 23.7 Å². The Bertz CT molecular complexity index is 1100. The standard InChI is InChI=1S/C24H25N5S2/c25-13-17-4-1-2-7-22(17)31-28-19-6-3-5-16(12-19)24-27-14-23(30-24)21-15-29(21)20-10-8-18(26)9-11-20/h1-7,12,14,18,20-21,28H,8-11,15,26H2. The third kappa shape index (κ3) is 4.63. The first-order valence-corrected chi connectivity index (χ1v) is 12.3. The van der Waals surface area contributed by atoms with Crippen molar-refractivity contribution in [3.8, 4) is 16.6 Å². The molecule has 2 aliphatic rings. The summed E-state index contributed by atoms with van der Waals surface area (Å²) in [4.78, 5) is 9.62. The zero-order valence-electron chi connectivity index (χ0n) is 17.2. The zero-order valence-corrected chi connectivity index (χ0v) is 18.8. The fraction of sp³-hybridized carbons (Fsp3) is 0.333. The lowest BCUT2D eigenvalue weighted by Crippen LogP contribution is -2.32. The Balaban J connectivity index is 1.24. The molecule has 2 fully saturated rings. The van der Waals surface area contributed by atoms with Gasteiger partial charge >= 0.3 is 0 Å². The second kappa shape index (κ2) is 9.01. The molecule has 2 atom stereocenters. The van der Waals surface area contributed by atoms with Crippen molar-refractivity contribution >= 4 is 29.0 Å². The van der Waals surface area contributed by atoms with Crippen LogP contribution in [0.1, 0.15) is 42.2 Å². The predicted molar refractivity (Wildman–Crippen MR) is 128 cm³/mol. The lowest BCUT2D eigenvalue weighted by atomic mass is 9.92. The van der Waals surface area contributed by atoms with E-state index in [4.69, 9.17) is 10.7 Å². The SMILES string of the molecule is N#Cc1ccccc1SNc1cccc(-c2ncc(C3CN3C3CCC(N)CC3)s2)c1. The molecule has 0 radical (unpaired) electrons. The van der Waals surface area contributed by atoms with Gasteiger partial charge in [0, 0.05) is 45.8 Å². The number of nitrogens with one attached hydrogen (secondary N) is 1. The molecule has 1 saturated carbocycles. The Hall–Kier alpha value is -2.37. The van der Waals surface area contributed by atoms with Crippen LogP contribution in [0.3, 0.4) is 0 Å². The maximum Gasteiger partial charge on any atom is 0.123 e. The van der Waals surface area contributed by atoms with Crippen molar-refractivity contribution in [1.29, 1.82) is 5.26 Å². The number of hydrogen-bond donors (Lipinski definition) is 2. The van der Waals surface area contributed by atoms with E-state index < -0.39 is 0 Å². The minimum Gasteiger partial charge on any atom is -0.328 e. The molecule has 1 saturated heterocycles. The fourth-order valence-electron chi connectivity index (χ4n) is 4.29. The first-order chi connectivity index (χ1) is 15.2. The van der Waals surface area contributed by atoms with Gasteiger partial charge < -0.3 is 10.5 Å². The van der Waals surface area contributed by atoms with Crippen molar-refractivity contribution in [2.45, 2.75) is 48.7 Å². The topological polar surface area (TPSA) is 77.7 Å². The van der Waals surface area contributed by atoms with E-state index in [-0.39, 0.29) is 0 Å². The number of aromatic nitrogens is 1. The molecule has 1 aromatic heterocycles. The van der Waals surface area contributed by atoms with E-state index in [9.17, 15) is 5.26 Å². The van der Waals surface area contributed by atoms with Crippen molar-refractivity contribution in [2.75, 3.05) is 11.3 Å². The molecular formula is C24H25N5S2. The smallest absolute Gasteiger partial charge is 0.123 e. The fourth-order valence-corrected chi connectivity index (χ4v) is 6.04. The summed E-state index contributed by atoms with van der Waals surface area (Å²) in [6.45, 7) is 1.15. The van der Waals surface area contributed by atoms with E-state index in [1.54, 1.807) is 11.3 Å². The van der Waals surface area contributed by atoms with E-state index in [1.165, 1.54) is 29.7 Å². The van der Waals surface area contributed by atoms with Crippen LogP contribution in [-0.4, -0.2) is 28.5 Å². The van der Waals surface area contributed by atoms with Crippen LogP contribution in [-0.2, 0) is 0 Å². The molecule has 3 aromatic rings. The molecule has 158 valence electrons. The molecule has 31 heavy (non-hydrogen) atoms. The van der Waals surface area contributed by atoms with Gasteiger partial charge in [-0.3, -0.25) is 4.90 Å². The van der Waals surface area contributed by atoms with Crippen molar-refractivity contribution < 1.29 is 0 Å². The minimum absolute atomic E-state index is 0.400. The Kier molecular flexibility index (Phi) is 5.97. The Morgan fingerprint density at radius 2 is 1.97 bits per heavy atom. The van der Waals surface area contributed by atoms with Crippen molar-refractivity contribution in [1.82, 2.24) is 9.88 Å². The predicted octanol–water partition coefficient (Wildman–Crippen LogP) is 5.43. The van der Waals surface area contributed by atoms with Crippen molar-refractivity contribution in [3.63, 3.8) is 0 Å². The largest absolute Gasteiger partial charge is 0.328 e. The van der Waals surface area contributed by atoms with Crippen LogP contribution in [0.5, 0.6) is 0 Å². The van der Waals surface area contributed by atoms with Crippen LogP contribution in [0.2, 0.25) is 0 Å². The van der Waals surface area contributed by atoms with Crippen LogP contribution in [0.4, 0.5) is 5.69 Å². The summed E-state index contributed by atoms with van der Waals surface area (Å²) in [5, 5.41) is 10.3. The summed E-state index contributed by atoms with van der Waals surface area (Å²) in [7, 11) is 0. The molecule has 3 N–H and O–H groups in total. The van der Waals surface area contributed by atoms with Gasteiger partial charge in [0.2, 0.25) is 0 Å². The molecule has 5 nitrogen and oxygen atoms in total. The monoisotopic (exact) mass is 447 g/mol. The molecule has 7 heteroatoms. The van der Waals surface area contributed by atoms with E-state index in [2.05, 4.69) is 34.0 Å². The zero-order chi connectivity index (χ0) is 21.2. The molecule has 2 aromatic carbocycles. The van der Waals surface area contributed by atoms with E-state index in [0.717, 1.165) is 40.5 Å². The summed E-state index contributed by atoms with van der Waals surface area (Å²) >= 11 is 3.26. The van der Waals surface area contributed by atoms with Crippen LogP contribution in [0, 0.1) is 11.3 Å². The molecule has 0 amide bonds. The Morgan fingerprint density at radius 1 is 1.13 bits per heavy atom.